The van der Waals surface area contributed by atoms with Gasteiger partial charge in [0.05, 0.1) is 5.60 Å². The maximum absolute atomic E-state index is 10.7. The minimum atomic E-state index is -0.444. The average molecular weight is 242 g/mol. The molecule has 1 saturated carbocycles. The van der Waals surface area contributed by atoms with E-state index in [0.717, 1.165) is 44.6 Å². The lowest BCUT2D eigenvalue weighted by atomic mass is 9.65. The van der Waals surface area contributed by atoms with E-state index < -0.39 is 5.60 Å². The zero-order chi connectivity index (χ0) is 13.1. The van der Waals surface area contributed by atoms with Crippen LogP contribution in [-0.2, 0) is 4.74 Å². The maximum Gasteiger partial charge on any atom is 0.0674 e. The highest BCUT2D eigenvalue weighted by molar-refractivity contribution is 4.92. The molecule has 0 bridgehead atoms. The van der Waals surface area contributed by atoms with E-state index in [1.807, 2.05) is 0 Å². The Morgan fingerprint density at radius 2 is 1.82 bits per heavy atom. The minimum Gasteiger partial charge on any atom is -0.390 e. The molecule has 1 aliphatic rings. The lowest BCUT2D eigenvalue weighted by molar-refractivity contribution is -0.0711. The molecule has 0 aromatic heterocycles. The van der Waals surface area contributed by atoms with E-state index in [9.17, 15) is 5.11 Å². The number of hydrogen-bond acceptors (Lipinski definition) is 2. The van der Waals surface area contributed by atoms with Gasteiger partial charge in [-0.3, -0.25) is 0 Å². The van der Waals surface area contributed by atoms with Crippen LogP contribution in [0.4, 0.5) is 0 Å². The standard InChI is InChI=1S/C15H30O2/c1-12(8-11-17-5)15(16)9-6-13(7-10-15)14(2,3)4/h12-13,16H,6-11H2,1-5H3. The van der Waals surface area contributed by atoms with E-state index in [0.29, 0.717) is 11.3 Å². The summed E-state index contributed by atoms with van der Waals surface area (Å²) < 4.78 is 5.11. The van der Waals surface area contributed by atoms with Crippen molar-refractivity contribution in [2.45, 2.75) is 65.4 Å². The van der Waals surface area contributed by atoms with Crippen LogP contribution in [-0.4, -0.2) is 24.4 Å². The monoisotopic (exact) mass is 242 g/mol. The normalized spacial score (nSPS) is 32.5. The molecule has 1 unspecified atom stereocenters. The van der Waals surface area contributed by atoms with Crippen LogP contribution in [0.15, 0.2) is 0 Å². The molecule has 0 amide bonds. The summed E-state index contributed by atoms with van der Waals surface area (Å²) in [7, 11) is 1.73. The average Bonchev–Trinajstić information content (AvgIpc) is 2.25. The van der Waals surface area contributed by atoms with E-state index in [2.05, 4.69) is 27.7 Å². The zero-order valence-electron chi connectivity index (χ0n) is 12.3. The Balaban J connectivity index is 2.48. The Labute approximate surface area is 107 Å². The molecule has 1 fully saturated rings. The third kappa shape index (κ3) is 3.96. The van der Waals surface area contributed by atoms with Gasteiger partial charge in [-0.2, -0.15) is 0 Å². The van der Waals surface area contributed by atoms with Crippen molar-refractivity contribution in [1.82, 2.24) is 0 Å². The lowest BCUT2D eigenvalue weighted by Gasteiger charge is -2.44. The molecular weight excluding hydrogens is 212 g/mol. The molecule has 2 heteroatoms. The third-order valence-electron chi connectivity index (χ3n) is 4.75. The molecule has 0 spiro atoms. The van der Waals surface area contributed by atoms with Crippen LogP contribution in [0.5, 0.6) is 0 Å². The van der Waals surface area contributed by atoms with E-state index in [-0.39, 0.29) is 0 Å². The SMILES string of the molecule is COCCC(C)C1(O)CCC(C(C)(C)C)CC1. The summed E-state index contributed by atoms with van der Waals surface area (Å²) >= 11 is 0. The van der Waals surface area contributed by atoms with Crippen molar-refractivity contribution in [2.24, 2.45) is 17.3 Å². The van der Waals surface area contributed by atoms with Crippen LogP contribution in [0.3, 0.4) is 0 Å². The number of hydrogen-bond donors (Lipinski definition) is 1. The number of ether oxygens (including phenoxy) is 1. The van der Waals surface area contributed by atoms with E-state index in [1.54, 1.807) is 7.11 Å². The second-order valence-electron chi connectivity index (χ2n) is 6.93. The molecule has 17 heavy (non-hydrogen) atoms. The lowest BCUT2D eigenvalue weighted by Crippen LogP contribution is -2.42. The molecule has 1 rings (SSSR count). The molecule has 0 radical (unpaired) electrons. The van der Waals surface area contributed by atoms with Crippen molar-refractivity contribution < 1.29 is 9.84 Å². The Morgan fingerprint density at radius 1 is 1.29 bits per heavy atom. The molecule has 2 nitrogen and oxygen atoms in total. The van der Waals surface area contributed by atoms with Crippen molar-refractivity contribution in [3.8, 4) is 0 Å². The van der Waals surface area contributed by atoms with Crippen LogP contribution < -0.4 is 0 Å². The Bertz CT molecular complexity index is 222. The fourth-order valence-corrected chi connectivity index (χ4v) is 3.04. The van der Waals surface area contributed by atoms with Gasteiger partial charge in [0.15, 0.2) is 0 Å². The van der Waals surface area contributed by atoms with Gasteiger partial charge in [0.25, 0.3) is 0 Å². The Hall–Kier alpha value is -0.0800. The van der Waals surface area contributed by atoms with Gasteiger partial charge in [-0.05, 0) is 49.4 Å². The summed E-state index contributed by atoms with van der Waals surface area (Å²) in [5.41, 5.74) is -0.0582. The van der Waals surface area contributed by atoms with Crippen LogP contribution >= 0.6 is 0 Å². The molecule has 0 heterocycles. The van der Waals surface area contributed by atoms with Gasteiger partial charge >= 0.3 is 0 Å². The highest BCUT2D eigenvalue weighted by atomic mass is 16.5. The molecule has 1 atom stereocenters. The van der Waals surface area contributed by atoms with Crippen molar-refractivity contribution in [3.05, 3.63) is 0 Å². The fraction of sp³-hybridized carbons (Fsp3) is 1.00. The molecule has 1 aliphatic carbocycles. The van der Waals surface area contributed by atoms with Crippen molar-refractivity contribution in [2.75, 3.05) is 13.7 Å². The van der Waals surface area contributed by atoms with Gasteiger partial charge in [-0.1, -0.05) is 27.7 Å². The van der Waals surface area contributed by atoms with Crippen LogP contribution in [0.2, 0.25) is 0 Å². The summed E-state index contributed by atoms with van der Waals surface area (Å²) in [5.74, 6) is 1.11. The summed E-state index contributed by atoms with van der Waals surface area (Å²) in [5, 5.41) is 10.7. The summed E-state index contributed by atoms with van der Waals surface area (Å²) in [6.45, 7) is 9.87. The zero-order valence-corrected chi connectivity index (χ0v) is 12.3. The molecule has 102 valence electrons. The Kier molecular flexibility index (Phi) is 5.03. The minimum absolute atomic E-state index is 0.350. The number of methoxy groups -OCH3 is 1. The highest BCUT2D eigenvalue weighted by Gasteiger charge is 2.40. The second-order valence-corrected chi connectivity index (χ2v) is 6.93. The molecule has 0 aromatic rings. The van der Waals surface area contributed by atoms with Gasteiger partial charge in [-0.25, -0.2) is 0 Å². The quantitative estimate of drug-likeness (QED) is 0.816. The van der Waals surface area contributed by atoms with Crippen LogP contribution in [0, 0.1) is 17.3 Å². The Morgan fingerprint density at radius 3 is 2.24 bits per heavy atom. The second kappa shape index (κ2) is 5.71. The van der Waals surface area contributed by atoms with Crippen molar-refractivity contribution in [1.29, 1.82) is 0 Å². The topological polar surface area (TPSA) is 29.5 Å². The molecule has 0 aromatic carbocycles. The predicted octanol–water partition coefficient (Wildman–Crippen LogP) is 3.63. The smallest absolute Gasteiger partial charge is 0.0674 e. The van der Waals surface area contributed by atoms with Crippen LogP contribution in [0.1, 0.15) is 59.8 Å². The van der Waals surface area contributed by atoms with E-state index in [4.69, 9.17) is 4.74 Å². The van der Waals surface area contributed by atoms with Gasteiger partial charge in [0.1, 0.15) is 0 Å². The third-order valence-corrected chi connectivity index (χ3v) is 4.75. The first kappa shape index (κ1) is 15.0. The molecular formula is C15H30O2. The first-order valence-corrected chi connectivity index (χ1v) is 7.01. The summed E-state index contributed by atoms with van der Waals surface area (Å²) in [4.78, 5) is 0. The van der Waals surface area contributed by atoms with E-state index >= 15 is 0 Å². The first-order valence-electron chi connectivity index (χ1n) is 7.01. The van der Waals surface area contributed by atoms with Crippen LogP contribution in [0.25, 0.3) is 0 Å². The first-order chi connectivity index (χ1) is 7.79. The maximum atomic E-state index is 10.7. The number of rotatable bonds is 4. The van der Waals surface area contributed by atoms with Gasteiger partial charge in [0.2, 0.25) is 0 Å². The highest BCUT2D eigenvalue weighted by Crippen LogP contribution is 2.44. The summed E-state index contributed by atoms with van der Waals surface area (Å²) in [6.07, 6.45) is 5.21. The van der Waals surface area contributed by atoms with Crippen molar-refractivity contribution >= 4 is 0 Å². The van der Waals surface area contributed by atoms with Gasteiger partial charge in [-0.15, -0.1) is 0 Å². The number of aliphatic hydroxyl groups is 1. The molecule has 1 N–H and O–H groups in total. The predicted molar refractivity (Wildman–Crippen MR) is 72.0 cm³/mol. The molecule has 0 aliphatic heterocycles. The molecule has 0 saturated heterocycles. The van der Waals surface area contributed by atoms with Crippen molar-refractivity contribution in [3.63, 3.8) is 0 Å². The largest absolute Gasteiger partial charge is 0.390 e. The van der Waals surface area contributed by atoms with Gasteiger partial charge < -0.3 is 9.84 Å². The summed E-state index contributed by atoms with van der Waals surface area (Å²) in [6, 6.07) is 0. The van der Waals surface area contributed by atoms with E-state index in [1.165, 1.54) is 0 Å². The van der Waals surface area contributed by atoms with Gasteiger partial charge in [0, 0.05) is 13.7 Å². The fourth-order valence-electron chi connectivity index (χ4n) is 3.04.